The highest BCUT2D eigenvalue weighted by Crippen LogP contribution is 2.27. The molecule has 40 heavy (non-hydrogen) atoms. The van der Waals surface area contributed by atoms with Crippen molar-refractivity contribution >= 4 is 28.4 Å². The molecule has 0 unspecified atom stereocenters. The van der Waals surface area contributed by atoms with Crippen LogP contribution in [0.1, 0.15) is 40.7 Å². The van der Waals surface area contributed by atoms with Gasteiger partial charge in [0.2, 0.25) is 5.91 Å². The quantitative estimate of drug-likeness (QED) is 0.300. The molecule has 5 rings (SSSR count). The molecule has 1 fully saturated rings. The Hall–Kier alpha value is -4.10. The summed E-state index contributed by atoms with van der Waals surface area (Å²) in [6, 6.07) is 19.7. The zero-order valence-electron chi connectivity index (χ0n) is 23.3. The van der Waals surface area contributed by atoms with Crippen LogP contribution in [0.4, 0.5) is 10.1 Å². The van der Waals surface area contributed by atoms with Gasteiger partial charge in [-0.15, -0.1) is 0 Å². The Bertz CT molecular complexity index is 1510. The Morgan fingerprint density at radius 2 is 1.62 bits per heavy atom. The number of hydrogen-bond donors (Lipinski definition) is 1. The second-order valence-electron chi connectivity index (χ2n) is 10.9. The number of piperidine rings is 1. The Kier molecular flexibility index (Phi) is 8.21. The maximum absolute atomic E-state index is 13.2. The molecule has 3 aromatic carbocycles. The molecule has 0 aliphatic carbocycles. The molecule has 1 aromatic heterocycles. The van der Waals surface area contributed by atoms with Crippen LogP contribution in [-0.2, 0) is 11.3 Å². The standard InChI is InChI=1S/C33H35FN4O2/c1-22-30(36-33(40)27-6-4-25(5-7-27)26-8-11-29(34)12-9-26)13-10-28-18-24(20-35-32(22)28)21-38-16-14-23(15-17-38)19-31(39)37(2)3/h4-13,18,20,23H,14-17,19,21H2,1-3H3,(H,36,40). The summed E-state index contributed by atoms with van der Waals surface area (Å²) in [6.07, 6.45) is 4.64. The summed E-state index contributed by atoms with van der Waals surface area (Å²) in [6.45, 7) is 4.78. The third-order valence-electron chi connectivity index (χ3n) is 7.81. The van der Waals surface area contributed by atoms with Crippen molar-refractivity contribution in [2.24, 2.45) is 5.92 Å². The number of hydrogen-bond acceptors (Lipinski definition) is 4. The monoisotopic (exact) mass is 538 g/mol. The molecular weight excluding hydrogens is 503 g/mol. The van der Waals surface area contributed by atoms with Crippen molar-refractivity contribution in [2.75, 3.05) is 32.5 Å². The Balaban J connectivity index is 1.21. The van der Waals surface area contributed by atoms with E-state index < -0.39 is 0 Å². The van der Waals surface area contributed by atoms with E-state index in [1.54, 1.807) is 29.2 Å². The number of pyridine rings is 1. The number of fused-ring (bicyclic) bond motifs is 1. The summed E-state index contributed by atoms with van der Waals surface area (Å²) < 4.78 is 13.2. The number of benzene rings is 3. The largest absolute Gasteiger partial charge is 0.349 e. The zero-order chi connectivity index (χ0) is 28.2. The molecule has 1 saturated heterocycles. The van der Waals surface area contributed by atoms with Crippen molar-refractivity contribution in [3.8, 4) is 11.1 Å². The van der Waals surface area contributed by atoms with Crippen molar-refractivity contribution in [1.82, 2.24) is 14.8 Å². The maximum atomic E-state index is 13.2. The van der Waals surface area contributed by atoms with Gasteiger partial charge in [0.1, 0.15) is 5.82 Å². The lowest BCUT2D eigenvalue weighted by Gasteiger charge is -2.32. The Morgan fingerprint density at radius 1 is 0.975 bits per heavy atom. The van der Waals surface area contributed by atoms with Gasteiger partial charge in [-0.2, -0.15) is 0 Å². The summed E-state index contributed by atoms with van der Waals surface area (Å²) in [5, 5.41) is 4.07. The lowest BCUT2D eigenvalue weighted by atomic mass is 9.93. The first-order valence-electron chi connectivity index (χ1n) is 13.7. The highest BCUT2D eigenvalue weighted by molar-refractivity contribution is 6.06. The molecule has 0 saturated carbocycles. The van der Waals surface area contributed by atoms with Gasteiger partial charge < -0.3 is 10.2 Å². The minimum Gasteiger partial charge on any atom is -0.349 e. The first kappa shape index (κ1) is 27.5. The number of rotatable bonds is 7. The SMILES string of the molecule is Cc1c(NC(=O)c2ccc(-c3ccc(F)cc3)cc2)ccc2cc(CN3CCC(CC(=O)N(C)C)CC3)cnc12. The minimum atomic E-state index is -0.276. The van der Waals surface area contributed by atoms with Crippen molar-refractivity contribution in [2.45, 2.75) is 32.7 Å². The van der Waals surface area contributed by atoms with Gasteiger partial charge >= 0.3 is 0 Å². The van der Waals surface area contributed by atoms with Crippen molar-refractivity contribution in [3.63, 3.8) is 0 Å². The predicted octanol–water partition coefficient (Wildman–Crippen LogP) is 6.29. The molecule has 206 valence electrons. The van der Waals surface area contributed by atoms with Crippen LogP contribution in [0.25, 0.3) is 22.0 Å². The number of aromatic nitrogens is 1. The van der Waals surface area contributed by atoms with E-state index >= 15 is 0 Å². The first-order chi connectivity index (χ1) is 19.3. The average molecular weight is 539 g/mol. The van der Waals surface area contributed by atoms with E-state index in [4.69, 9.17) is 4.98 Å². The fourth-order valence-corrected chi connectivity index (χ4v) is 5.30. The van der Waals surface area contributed by atoms with Crippen molar-refractivity contribution in [1.29, 1.82) is 0 Å². The maximum Gasteiger partial charge on any atom is 0.255 e. The Morgan fingerprint density at radius 3 is 2.27 bits per heavy atom. The smallest absolute Gasteiger partial charge is 0.255 e. The topological polar surface area (TPSA) is 65.5 Å². The molecule has 0 radical (unpaired) electrons. The molecule has 2 heterocycles. The van der Waals surface area contributed by atoms with Gasteiger partial charge in [0.15, 0.2) is 0 Å². The molecule has 4 aromatic rings. The molecule has 2 amide bonds. The highest BCUT2D eigenvalue weighted by atomic mass is 19.1. The van der Waals surface area contributed by atoms with E-state index in [0.717, 1.165) is 71.3 Å². The van der Waals surface area contributed by atoms with E-state index in [1.165, 1.54) is 12.1 Å². The van der Waals surface area contributed by atoms with E-state index in [1.807, 2.05) is 51.5 Å². The lowest BCUT2D eigenvalue weighted by molar-refractivity contribution is -0.130. The van der Waals surface area contributed by atoms with Gasteiger partial charge in [0.05, 0.1) is 5.52 Å². The molecular formula is C33H35FN4O2. The fraction of sp³-hybridized carbons (Fsp3) is 0.303. The van der Waals surface area contributed by atoms with E-state index in [0.29, 0.717) is 17.9 Å². The molecule has 1 aliphatic rings. The summed E-state index contributed by atoms with van der Waals surface area (Å²) in [5.41, 5.74) is 6.04. The van der Waals surface area contributed by atoms with Gasteiger partial charge in [-0.25, -0.2) is 4.39 Å². The minimum absolute atomic E-state index is 0.194. The average Bonchev–Trinajstić information content (AvgIpc) is 2.96. The van der Waals surface area contributed by atoms with Crippen LogP contribution < -0.4 is 5.32 Å². The highest BCUT2D eigenvalue weighted by Gasteiger charge is 2.22. The van der Waals surface area contributed by atoms with Crippen molar-refractivity contribution < 1.29 is 14.0 Å². The number of carbonyl (C=O) groups is 2. The molecule has 1 N–H and O–H groups in total. The van der Waals surface area contributed by atoms with Crippen LogP contribution in [0.5, 0.6) is 0 Å². The molecule has 6 nitrogen and oxygen atoms in total. The molecule has 0 bridgehead atoms. The first-order valence-corrected chi connectivity index (χ1v) is 13.7. The second kappa shape index (κ2) is 12.0. The van der Waals surface area contributed by atoms with E-state index in [2.05, 4.69) is 16.3 Å². The van der Waals surface area contributed by atoms with Gasteiger partial charge in [-0.1, -0.05) is 30.3 Å². The third-order valence-corrected chi connectivity index (χ3v) is 7.81. The number of amides is 2. The van der Waals surface area contributed by atoms with Gasteiger partial charge in [0.25, 0.3) is 5.91 Å². The lowest BCUT2D eigenvalue weighted by Crippen LogP contribution is -2.35. The van der Waals surface area contributed by atoms with Gasteiger partial charge in [-0.05, 0) is 97.4 Å². The Labute approximate surface area is 234 Å². The number of halogens is 1. The van der Waals surface area contributed by atoms with Crippen LogP contribution in [0.3, 0.4) is 0 Å². The molecule has 1 aliphatic heterocycles. The second-order valence-corrected chi connectivity index (χ2v) is 10.9. The summed E-state index contributed by atoms with van der Waals surface area (Å²) >= 11 is 0. The van der Waals surface area contributed by atoms with Crippen LogP contribution >= 0.6 is 0 Å². The van der Waals surface area contributed by atoms with Crippen LogP contribution in [0.15, 0.2) is 72.9 Å². The van der Waals surface area contributed by atoms with Gasteiger partial charge in [-0.3, -0.25) is 19.5 Å². The third kappa shape index (κ3) is 6.37. The summed E-state index contributed by atoms with van der Waals surface area (Å²) in [5.74, 6) is 0.204. The summed E-state index contributed by atoms with van der Waals surface area (Å²) in [4.78, 5) is 33.9. The van der Waals surface area contributed by atoms with Crippen LogP contribution in [-0.4, -0.2) is 53.8 Å². The summed E-state index contributed by atoms with van der Waals surface area (Å²) in [7, 11) is 3.64. The predicted molar refractivity (Wildman–Crippen MR) is 158 cm³/mol. The number of nitrogens with zero attached hydrogens (tertiary/aromatic N) is 3. The zero-order valence-corrected chi connectivity index (χ0v) is 23.3. The molecule has 7 heteroatoms. The number of anilines is 1. The fourth-order valence-electron chi connectivity index (χ4n) is 5.30. The van der Waals surface area contributed by atoms with Crippen LogP contribution in [0, 0.1) is 18.7 Å². The molecule has 0 atom stereocenters. The van der Waals surface area contributed by atoms with E-state index in [9.17, 15) is 14.0 Å². The number of nitrogens with one attached hydrogen (secondary N) is 1. The normalized spacial score (nSPS) is 14.3. The van der Waals surface area contributed by atoms with Crippen LogP contribution in [0.2, 0.25) is 0 Å². The number of aryl methyl sites for hydroxylation is 1. The van der Waals surface area contributed by atoms with Gasteiger partial charge in [0, 0.05) is 49.9 Å². The number of carbonyl (C=O) groups excluding carboxylic acids is 2. The number of likely N-dealkylation sites (tertiary alicyclic amines) is 1. The van der Waals surface area contributed by atoms with Crippen molar-refractivity contribution in [3.05, 3.63) is 95.4 Å². The van der Waals surface area contributed by atoms with E-state index in [-0.39, 0.29) is 17.6 Å². The molecule has 0 spiro atoms.